The summed E-state index contributed by atoms with van der Waals surface area (Å²) in [6.45, 7) is 0.613. The summed E-state index contributed by atoms with van der Waals surface area (Å²) in [5, 5.41) is 4.45. The van der Waals surface area contributed by atoms with Crippen LogP contribution in [0.4, 0.5) is 0 Å². The van der Waals surface area contributed by atoms with E-state index in [1.165, 1.54) is 24.8 Å². The van der Waals surface area contributed by atoms with Gasteiger partial charge in [-0.1, -0.05) is 0 Å². The van der Waals surface area contributed by atoms with Crippen LogP contribution >= 0.6 is 11.3 Å². The highest BCUT2D eigenvalue weighted by molar-refractivity contribution is 7.19. The molecule has 1 aliphatic heterocycles. The van der Waals surface area contributed by atoms with Crippen molar-refractivity contribution in [3.63, 3.8) is 0 Å². The van der Waals surface area contributed by atoms with Crippen LogP contribution in [0.5, 0.6) is 5.75 Å². The van der Waals surface area contributed by atoms with E-state index in [0.29, 0.717) is 18.2 Å². The normalized spacial score (nSPS) is 16.2. The number of nitrogens with zero attached hydrogens (tertiary/aromatic N) is 3. The Hall–Kier alpha value is -2.67. The number of nitrogens with two attached hydrogens (primary N) is 1. The summed E-state index contributed by atoms with van der Waals surface area (Å²) >= 11 is 1.68. The molecule has 0 atom stereocenters. The maximum absolute atomic E-state index is 11.6. The predicted octanol–water partition coefficient (Wildman–Crippen LogP) is 3.43. The maximum atomic E-state index is 11.6. The van der Waals surface area contributed by atoms with Crippen LogP contribution in [0.15, 0.2) is 30.6 Å². The number of carbonyl (C=O) groups is 1. The van der Waals surface area contributed by atoms with Gasteiger partial charge in [-0.25, -0.2) is 9.67 Å². The van der Waals surface area contributed by atoms with Gasteiger partial charge in [0, 0.05) is 22.4 Å². The highest BCUT2D eigenvalue weighted by Gasteiger charge is 2.26. The number of hydrogen-bond acceptors (Lipinski definition) is 5. The number of primary amides is 1. The van der Waals surface area contributed by atoms with Gasteiger partial charge < -0.3 is 10.5 Å². The van der Waals surface area contributed by atoms with Crippen molar-refractivity contribution >= 4 is 17.2 Å². The third-order valence-corrected chi connectivity index (χ3v) is 6.37. The van der Waals surface area contributed by atoms with Crippen molar-refractivity contribution in [2.45, 2.75) is 31.7 Å². The lowest BCUT2D eigenvalue weighted by Gasteiger charge is -2.26. The van der Waals surface area contributed by atoms with Gasteiger partial charge in [0.05, 0.1) is 17.5 Å². The van der Waals surface area contributed by atoms with E-state index in [1.807, 2.05) is 12.1 Å². The van der Waals surface area contributed by atoms with Gasteiger partial charge in [0.1, 0.15) is 12.1 Å². The van der Waals surface area contributed by atoms with Crippen molar-refractivity contribution in [3.8, 4) is 26.9 Å². The van der Waals surface area contributed by atoms with Crippen LogP contribution in [0.1, 0.15) is 41.2 Å². The fourth-order valence-electron chi connectivity index (χ4n) is 3.54. The molecule has 6 nitrogen and oxygen atoms in total. The van der Waals surface area contributed by atoms with Crippen molar-refractivity contribution in [1.29, 1.82) is 0 Å². The first kappa shape index (κ1) is 15.6. The van der Waals surface area contributed by atoms with Crippen molar-refractivity contribution in [2.24, 2.45) is 5.73 Å². The molecule has 3 aromatic rings. The molecule has 26 heavy (non-hydrogen) atoms. The summed E-state index contributed by atoms with van der Waals surface area (Å²) in [5.41, 5.74) is 8.11. The first-order valence-electron chi connectivity index (χ1n) is 8.80. The largest absolute Gasteiger partial charge is 0.493 e. The van der Waals surface area contributed by atoms with Crippen molar-refractivity contribution in [1.82, 2.24) is 14.8 Å². The Morgan fingerprint density at radius 3 is 2.96 bits per heavy atom. The number of aromatic nitrogens is 3. The Morgan fingerprint density at radius 2 is 2.19 bits per heavy atom. The topological polar surface area (TPSA) is 83.0 Å². The highest BCUT2D eigenvalue weighted by atomic mass is 32.1. The summed E-state index contributed by atoms with van der Waals surface area (Å²) in [7, 11) is 0. The summed E-state index contributed by atoms with van der Waals surface area (Å²) in [6.07, 6.45) is 6.05. The molecule has 0 spiro atoms. The molecule has 2 N–H and O–H groups in total. The summed E-state index contributed by atoms with van der Waals surface area (Å²) in [6, 6.07) is 8.04. The lowest BCUT2D eigenvalue weighted by atomic mass is 9.93. The number of thiophene rings is 1. The Kier molecular flexibility index (Phi) is 3.56. The van der Waals surface area contributed by atoms with Gasteiger partial charge >= 0.3 is 0 Å². The quantitative estimate of drug-likeness (QED) is 0.770. The molecule has 1 amide bonds. The zero-order valence-electron chi connectivity index (χ0n) is 14.1. The minimum atomic E-state index is -0.430. The second-order valence-corrected chi connectivity index (χ2v) is 7.80. The van der Waals surface area contributed by atoms with Gasteiger partial charge in [-0.05, 0) is 49.1 Å². The molecule has 1 aliphatic carbocycles. The molecule has 0 saturated heterocycles. The molecular formula is C19H18N4O2S. The minimum absolute atomic E-state index is 0.430. The standard InChI is InChI=1S/C19H18N4O2S/c20-18(24)12-4-5-15-14(8-12)17-11(6-7-25-15)9-16(26-17)19-21-10-22-23(19)13-2-1-3-13/h4-5,8-10,13H,1-3,6-7H2,(H2,20,24). The van der Waals surface area contributed by atoms with Crippen LogP contribution in [0, 0.1) is 0 Å². The Balaban J connectivity index is 1.63. The van der Waals surface area contributed by atoms with E-state index < -0.39 is 5.91 Å². The molecule has 2 aromatic heterocycles. The zero-order valence-corrected chi connectivity index (χ0v) is 15.0. The lowest BCUT2D eigenvalue weighted by molar-refractivity contribution is 0.100. The zero-order chi connectivity index (χ0) is 17.7. The number of ether oxygens (including phenoxy) is 1. The van der Waals surface area contributed by atoms with Gasteiger partial charge in [-0.15, -0.1) is 11.3 Å². The molecule has 132 valence electrons. The van der Waals surface area contributed by atoms with Crippen LogP contribution in [0.3, 0.4) is 0 Å². The van der Waals surface area contributed by atoms with Crippen LogP contribution in [-0.4, -0.2) is 27.3 Å². The number of benzene rings is 1. The third kappa shape index (κ3) is 2.42. The molecule has 1 saturated carbocycles. The average Bonchev–Trinajstić information content (AvgIpc) is 3.17. The smallest absolute Gasteiger partial charge is 0.248 e. The molecule has 3 heterocycles. The summed E-state index contributed by atoms with van der Waals surface area (Å²) in [5.74, 6) is 1.30. The van der Waals surface area contributed by atoms with E-state index in [2.05, 4.69) is 20.8 Å². The highest BCUT2D eigenvalue weighted by Crippen LogP contribution is 2.44. The molecular weight excluding hydrogens is 348 g/mol. The second kappa shape index (κ2) is 5.95. The number of carbonyl (C=O) groups excluding carboxylic acids is 1. The van der Waals surface area contributed by atoms with E-state index in [4.69, 9.17) is 10.5 Å². The Labute approximate surface area is 154 Å². The molecule has 5 rings (SSSR count). The van der Waals surface area contributed by atoms with Gasteiger partial charge in [-0.2, -0.15) is 5.10 Å². The first-order valence-corrected chi connectivity index (χ1v) is 9.62. The van der Waals surface area contributed by atoms with Crippen molar-refractivity contribution < 1.29 is 9.53 Å². The Morgan fingerprint density at radius 1 is 1.31 bits per heavy atom. The molecule has 1 fully saturated rings. The van der Waals surface area contributed by atoms with Crippen molar-refractivity contribution in [3.05, 3.63) is 41.7 Å². The van der Waals surface area contributed by atoms with E-state index >= 15 is 0 Å². The third-order valence-electron chi connectivity index (χ3n) is 5.16. The van der Waals surface area contributed by atoms with Gasteiger partial charge in [-0.3, -0.25) is 4.79 Å². The minimum Gasteiger partial charge on any atom is -0.493 e. The molecule has 0 unspecified atom stereocenters. The number of rotatable bonds is 3. The molecule has 1 aromatic carbocycles. The number of fused-ring (bicyclic) bond motifs is 3. The van der Waals surface area contributed by atoms with E-state index in [-0.39, 0.29) is 0 Å². The fourth-order valence-corrected chi connectivity index (χ4v) is 4.76. The SMILES string of the molecule is NC(=O)c1ccc2c(c1)-c1sc(-c3ncnn3C3CCC3)cc1CCO2. The van der Waals surface area contributed by atoms with Crippen LogP contribution < -0.4 is 10.5 Å². The number of amides is 1. The van der Waals surface area contributed by atoms with Gasteiger partial charge in [0.15, 0.2) is 5.82 Å². The fraction of sp³-hybridized carbons (Fsp3) is 0.316. The van der Waals surface area contributed by atoms with Crippen molar-refractivity contribution in [2.75, 3.05) is 6.61 Å². The lowest BCUT2D eigenvalue weighted by Crippen LogP contribution is -2.18. The predicted molar refractivity (Wildman–Crippen MR) is 99.4 cm³/mol. The molecule has 7 heteroatoms. The maximum Gasteiger partial charge on any atom is 0.248 e. The van der Waals surface area contributed by atoms with E-state index in [9.17, 15) is 4.79 Å². The van der Waals surface area contributed by atoms with Crippen LogP contribution in [0.2, 0.25) is 0 Å². The molecule has 2 aliphatic rings. The summed E-state index contributed by atoms with van der Waals surface area (Å²) in [4.78, 5) is 18.3. The Bertz CT molecular complexity index is 1000. The average molecular weight is 366 g/mol. The van der Waals surface area contributed by atoms with E-state index in [1.54, 1.807) is 23.7 Å². The van der Waals surface area contributed by atoms with Crippen LogP contribution in [0.25, 0.3) is 21.1 Å². The second-order valence-electron chi connectivity index (χ2n) is 6.75. The number of hydrogen-bond donors (Lipinski definition) is 1. The van der Waals surface area contributed by atoms with Gasteiger partial charge in [0.2, 0.25) is 5.91 Å². The molecule has 0 bridgehead atoms. The molecule has 0 radical (unpaired) electrons. The van der Waals surface area contributed by atoms with E-state index in [0.717, 1.165) is 33.3 Å². The van der Waals surface area contributed by atoms with Crippen LogP contribution in [-0.2, 0) is 6.42 Å². The summed E-state index contributed by atoms with van der Waals surface area (Å²) < 4.78 is 7.93. The monoisotopic (exact) mass is 366 g/mol. The first-order chi connectivity index (χ1) is 12.7. The van der Waals surface area contributed by atoms with Gasteiger partial charge in [0.25, 0.3) is 0 Å².